The third-order valence-corrected chi connectivity index (χ3v) is 6.67. The van der Waals surface area contributed by atoms with Gasteiger partial charge in [0.25, 0.3) is 11.7 Å². The van der Waals surface area contributed by atoms with Crippen molar-refractivity contribution >= 4 is 28.4 Å². The average Bonchev–Trinajstić information content (AvgIpc) is 3.45. The van der Waals surface area contributed by atoms with Crippen LogP contribution in [0, 0.1) is 5.82 Å². The lowest BCUT2D eigenvalue weighted by molar-refractivity contribution is -0.139. The molecular weight excluding hydrogens is 475 g/mol. The quantitative estimate of drug-likeness (QED) is 0.212. The Morgan fingerprint density at radius 2 is 1.73 bits per heavy atom. The molecule has 0 aliphatic carbocycles. The number of benzene rings is 3. The number of amides is 1. The van der Waals surface area contributed by atoms with Gasteiger partial charge >= 0.3 is 0 Å². The van der Waals surface area contributed by atoms with Crippen LogP contribution in [0.4, 0.5) is 4.39 Å². The molecule has 2 heterocycles. The van der Waals surface area contributed by atoms with Crippen LogP contribution in [0.15, 0.2) is 78.5 Å². The van der Waals surface area contributed by atoms with Gasteiger partial charge < -0.3 is 24.5 Å². The first-order valence-electron chi connectivity index (χ1n) is 11.7. The number of carbonyl (C=O) groups excluding carboxylic acids is 2. The van der Waals surface area contributed by atoms with Crippen LogP contribution in [0.1, 0.15) is 22.7 Å². The molecule has 3 aromatic carbocycles. The molecule has 5 rings (SSSR count). The number of likely N-dealkylation sites (tertiary alicyclic amines) is 1. The van der Waals surface area contributed by atoms with E-state index in [1.54, 1.807) is 36.5 Å². The van der Waals surface area contributed by atoms with Crippen LogP contribution in [0.5, 0.6) is 11.5 Å². The highest BCUT2D eigenvalue weighted by Crippen LogP contribution is 2.42. The van der Waals surface area contributed by atoms with Crippen molar-refractivity contribution in [1.82, 2.24) is 9.88 Å². The molecule has 0 bridgehead atoms. The topological polar surface area (TPSA) is 91.9 Å². The van der Waals surface area contributed by atoms with Crippen LogP contribution >= 0.6 is 0 Å². The Labute approximate surface area is 212 Å². The maximum Gasteiger partial charge on any atom is 0.295 e. The minimum Gasteiger partial charge on any atom is -0.507 e. The minimum atomic E-state index is -0.829. The fourth-order valence-electron chi connectivity index (χ4n) is 4.79. The Kier molecular flexibility index (Phi) is 6.40. The number of hydrogen-bond donors (Lipinski definition) is 2. The van der Waals surface area contributed by atoms with E-state index in [-0.39, 0.29) is 23.7 Å². The van der Waals surface area contributed by atoms with E-state index in [4.69, 9.17) is 9.47 Å². The van der Waals surface area contributed by atoms with Gasteiger partial charge in [-0.05, 0) is 48.4 Å². The summed E-state index contributed by atoms with van der Waals surface area (Å²) in [7, 11) is 2.98. The summed E-state index contributed by atoms with van der Waals surface area (Å²) in [5.74, 6) is -1.30. The van der Waals surface area contributed by atoms with Gasteiger partial charge in [0.1, 0.15) is 11.6 Å². The minimum absolute atomic E-state index is 0.0129. The summed E-state index contributed by atoms with van der Waals surface area (Å²) in [5.41, 5.74) is 2.66. The maximum absolute atomic E-state index is 13.4. The summed E-state index contributed by atoms with van der Waals surface area (Å²) in [6.45, 7) is 0.198. The van der Waals surface area contributed by atoms with Gasteiger partial charge in [-0.1, -0.05) is 30.3 Å². The van der Waals surface area contributed by atoms with E-state index in [1.165, 1.54) is 31.3 Å². The number of Topliss-reactive ketones (excluding diaryl/α,β-unsaturated/α-hetero) is 1. The summed E-state index contributed by atoms with van der Waals surface area (Å²) in [4.78, 5) is 31.4. The molecule has 1 amide bonds. The van der Waals surface area contributed by atoms with Gasteiger partial charge in [0.15, 0.2) is 11.5 Å². The molecule has 1 fully saturated rings. The molecule has 7 nitrogen and oxygen atoms in total. The number of hydrogen-bond acceptors (Lipinski definition) is 5. The van der Waals surface area contributed by atoms with Crippen molar-refractivity contribution in [3.8, 4) is 11.5 Å². The number of aliphatic hydroxyl groups excluding tert-OH is 1. The van der Waals surface area contributed by atoms with E-state index >= 15 is 0 Å². The molecule has 1 atom stereocenters. The number of fused-ring (bicyclic) bond motifs is 1. The monoisotopic (exact) mass is 500 g/mol. The Balaban J connectivity index is 1.63. The Bertz CT molecular complexity index is 1520. The molecule has 0 spiro atoms. The second-order valence-electron chi connectivity index (χ2n) is 8.73. The van der Waals surface area contributed by atoms with Gasteiger partial charge in [-0.15, -0.1) is 0 Å². The molecule has 1 aromatic heterocycles. The van der Waals surface area contributed by atoms with Crippen LogP contribution < -0.4 is 9.47 Å². The van der Waals surface area contributed by atoms with Crippen molar-refractivity contribution in [2.75, 3.05) is 20.8 Å². The fourth-order valence-corrected chi connectivity index (χ4v) is 4.79. The Morgan fingerprint density at radius 1 is 1.00 bits per heavy atom. The lowest BCUT2D eigenvalue weighted by Gasteiger charge is -2.25. The zero-order valence-corrected chi connectivity index (χ0v) is 20.3. The number of rotatable bonds is 7. The first kappa shape index (κ1) is 24.1. The molecule has 0 saturated carbocycles. The predicted octanol–water partition coefficient (Wildman–Crippen LogP) is 4.99. The van der Waals surface area contributed by atoms with Crippen LogP contribution in [0.2, 0.25) is 0 Å². The predicted molar refractivity (Wildman–Crippen MR) is 137 cm³/mol. The van der Waals surface area contributed by atoms with Gasteiger partial charge in [-0.3, -0.25) is 9.59 Å². The first-order chi connectivity index (χ1) is 17.9. The van der Waals surface area contributed by atoms with Gasteiger partial charge in [-0.25, -0.2) is 4.39 Å². The lowest BCUT2D eigenvalue weighted by Crippen LogP contribution is -2.31. The zero-order valence-electron chi connectivity index (χ0n) is 20.3. The van der Waals surface area contributed by atoms with E-state index < -0.39 is 17.7 Å². The van der Waals surface area contributed by atoms with Crippen molar-refractivity contribution < 1.29 is 28.6 Å². The molecule has 2 N–H and O–H groups in total. The third-order valence-electron chi connectivity index (χ3n) is 6.67. The number of methoxy groups -OCH3 is 2. The fraction of sp³-hybridized carbons (Fsp3) is 0.172. The second-order valence-corrected chi connectivity index (χ2v) is 8.73. The molecule has 188 valence electrons. The molecule has 0 radical (unpaired) electrons. The second kappa shape index (κ2) is 9.81. The first-order valence-corrected chi connectivity index (χ1v) is 11.7. The number of nitrogens with zero attached hydrogens (tertiary/aromatic N) is 1. The zero-order chi connectivity index (χ0) is 26.1. The van der Waals surface area contributed by atoms with E-state index in [1.807, 2.05) is 24.3 Å². The van der Waals surface area contributed by atoms with Crippen LogP contribution in [-0.4, -0.2) is 47.4 Å². The highest BCUT2D eigenvalue weighted by molar-refractivity contribution is 6.46. The Hall–Kier alpha value is -4.59. The summed E-state index contributed by atoms with van der Waals surface area (Å²) < 4.78 is 24.0. The number of aromatic amines is 1. The van der Waals surface area contributed by atoms with Crippen LogP contribution in [0.3, 0.4) is 0 Å². The number of ether oxygens (including phenoxy) is 2. The van der Waals surface area contributed by atoms with Gasteiger partial charge in [0.05, 0.1) is 25.8 Å². The number of aliphatic hydroxyl groups is 1. The smallest absolute Gasteiger partial charge is 0.295 e. The molecule has 1 aliphatic heterocycles. The summed E-state index contributed by atoms with van der Waals surface area (Å²) in [5, 5.41) is 12.2. The van der Waals surface area contributed by atoms with E-state index in [0.717, 1.165) is 16.5 Å². The number of ketones is 1. The van der Waals surface area contributed by atoms with Crippen molar-refractivity contribution in [2.24, 2.45) is 0 Å². The SMILES string of the molecule is COc1ccc(/C(O)=C2\C(=O)C(=O)N(CCc3ccc(F)cc3)C2c2c[nH]c3ccccc23)cc1OC. The molecular formula is C29H25FN2O5. The standard InChI is InChI=1S/C29H25FN2O5/c1-36-23-12-9-18(15-24(23)37-2)27(33)25-26(21-16-31-22-6-4-3-5-20(21)22)32(29(35)28(25)34)14-13-17-7-10-19(30)11-8-17/h3-12,15-16,26,31,33H,13-14H2,1-2H3/b27-25+. The number of aromatic nitrogens is 1. The Morgan fingerprint density at radius 3 is 2.46 bits per heavy atom. The van der Waals surface area contributed by atoms with Gasteiger partial charge in [-0.2, -0.15) is 0 Å². The number of H-pyrrole nitrogens is 1. The summed E-state index contributed by atoms with van der Waals surface area (Å²) in [6.07, 6.45) is 2.16. The number of nitrogens with one attached hydrogen (secondary N) is 1. The van der Waals surface area contributed by atoms with E-state index in [2.05, 4.69) is 4.98 Å². The van der Waals surface area contributed by atoms with Crippen LogP contribution in [0.25, 0.3) is 16.7 Å². The normalized spacial score (nSPS) is 16.9. The third kappa shape index (κ3) is 4.31. The molecule has 37 heavy (non-hydrogen) atoms. The molecule has 1 aliphatic rings. The van der Waals surface area contributed by atoms with E-state index in [9.17, 15) is 19.1 Å². The molecule has 8 heteroatoms. The average molecular weight is 501 g/mol. The highest BCUT2D eigenvalue weighted by atomic mass is 19.1. The molecule has 1 unspecified atom stereocenters. The maximum atomic E-state index is 13.4. The summed E-state index contributed by atoms with van der Waals surface area (Å²) >= 11 is 0. The van der Waals surface area contributed by atoms with Crippen molar-refractivity contribution in [3.05, 3.63) is 101 Å². The molecule has 1 saturated heterocycles. The molecule has 4 aromatic rings. The van der Waals surface area contributed by atoms with Crippen molar-refractivity contribution in [3.63, 3.8) is 0 Å². The number of para-hydroxylation sites is 1. The number of halogens is 1. The lowest BCUT2D eigenvalue weighted by atomic mass is 9.94. The van der Waals surface area contributed by atoms with Crippen LogP contribution in [-0.2, 0) is 16.0 Å². The van der Waals surface area contributed by atoms with Crippen molar-refractivity contribution in [1.29, 1.82) is 0 Å². The van der Waals surface area contributed by atoms with E-state index in [0.29, 0.717) is 29.0 Å². The number of carbonyl (C=O) groups is 2. The van der Waals surface area contributed by atoms with Crippen molar-refractivity contribution in [2.45, 2.75) is 12.5 Å². The largest absolute Gasteiger partial charge is 0.507 e. The highest BCUT2D eigenvalue weighted by Gasteiger charge is 2.46. The summed E-state index contributed by atoms with van der Waals surface area (Å²) in [6, 6.07) is 17.5. The van der Waals surface area contributed by atoms with Gasteiger partial charge in [0, 0.05) is 34.8 Å². The van der Waals surface area contributed by atoms with Gasteiger partial charge in [0.2, 0.25) is 0 Å².